The summed E-state index contributed by atoms with van der Waals surface area (Å²) < 4.78 is 2.50. The summed E-state index contributed by atoms with van der Waals surface area (Å²) in [7, 11) is 0. The first-order chi connectivity index (χ1) is 6.45. The Kier molecular flexibility index (Phi) is 2.66. The Morgan fingerprint density at radius 3 is 2.93 bits per heavy atom. The van der Waals surface area contributed by atoms with Gasteiger partial charge in [-0.1, -0.05) is 10.8 Å². The standard InChI is InChI=1S/C11H6NS.Pt/c1-2-5-9-8(4-1)11-10(13-9)6-3-7-12-11;/h1-3,5-7H;/q-1;. The smallest absolute Gasteiger partial charge is 0.0161 e. The minimum Gasteiger partial charge on any atom is -0.303 e. The second-order valence-corrected chi connectivity index (χ2v) is 3.95. The summed E-state index contributed by atoms with van der Waals surface area (Å²) in [6, 6.07) is 13.3. The molecule has 14 heavy (non-hydrogen) atoms. The molecule has 0 bridgehead atoms. The summed E-state index contributed by atoms with van der Waals surface area (Å²) in [5.41, 5.74) is 1.07. The zero-order valence-corrected chi connectivity index (χ0v) is 10.2. The maximum atomic E-state index is 4.35. The molecule has 0 radical (unpaired) electrons. The molecule has 2 heterocycles. The van der Waals surface area contributed by atoms with Gasteiger partial charge in [0.15, 0.2) is 0 Å². The van der Waals surface area contributed by atoms with E-state index < -0.39 is 0 Å². The summed E-state index contributed by atoms with van der Waals surface area (Å²) in [4.78, 5) is 4.35. The van der Waals surface area contributed by atoms with Gasteiger partial charge in [-0.25, -0.2) is 0 Å². The van der Waals surface area contributed by atoms with Gasteiger partial charge in [-0.15, -0.1) is 29.7 Å². The summed E-state index contributed by atoms with van der Waals surface area (Å²) in [6.07, 6.45) is 1.83. The van der Waals surface area contributed by atoms with Crippen LogP contribution < -0.4 is 0 Å². The molecule has 3 heteroatoms. The average molecular weight is 379 g/mol. The van der Waals surface area contributed by atoms with Crippen LogP contribution in [0, 0.1) is 6.07 Å². The van der Waals surface area contributed by atoms with Gasteiger partial charge in [-0.3, -0.25) is 0 Å². The van der Waals surface area contributed by atoms with E-state index in [2.05, 4.69) is 23.2 Å². The van der Waals surface area contributed by atoms with Gasteiger partial charge >= 0.3 is 0 Å². The Labute approximate surface area is 100 Å². The summed E-state index contributed by atoms with van der Waals surface area (Å²) in [6.45, 7) is 0. The third-order valence-corrected chi connectivity index (χ3v) is 3.15. The van der Waals surface area contributed by atoms with Crippen LogP contribution in [0.5, 0.6) is 0 Å². The number of benzene rings is 1. The van der Waals surface area contributed by atoms with E-state index in [1.165, 1.54) is 9.40 Å². The van der Waals surface area contributed by atoms with Gasteiger partial charge in [0.25, 0.3) is 0 Å². The molecule has 0 atom stereocenters. The fourth-order valence-corrected chi connectivity index (χ4v) is 2.51. The van der Waals surface area contributed by atoms with Crippen LogP contribution in [0.25, 0.3) is 20.3 Å². The van der Waals surface area contributed by atoms with E-state index in [0.717, 1.165) is 10.9 Å². The van der Waals surface area contributed by atoms with Crippen molar-refractivity contribution in [2.75, 3.05) is 0 Å². The zero-order chi connectivity index (χ0) is 8.67. The second kappa shape index (κ2) is 3.80. The second-order valence-electron chi connectivity index (χ2n) is 2.86. The SMILES string of the molecule is [Pt].[c-]1cccc2sc3cccnc3c12. The number of thiophene rings is 1. The van der Waals surface area contributed by atoms with E-state index in [1.807, 2.05) is 24.4 Å². The van der Waals surface area contributed by atoms with Gasteiger partial charge in [0.05, 0.1) is 0 Å². The Hall–Kier alpha value is -0.722. The fourth-order valence-electron chi connectivity index (χ4n) is 1.47. The predicted octanol–water partition coefficient (Wildman–Crippen LogP) is 3.25. The van der Waals surface area contributed by atoms with Crippen molar-refractivity contribution in [1.29, 1.82) is 0 Å². The van der Waals surface area contributed by atoms with E-state index in [0.29, 0.717) is 0 Å². The predicted molar refractivity (Wildman–Crippen MR) is 56.0 cm³/mol. The van der Waals surface area contributed by atoms with Crippen molar-refractivity contribution < 1.29 is 21.1 Å². The number of rotatable bonds is 0. The first-order valence-corrected chi connectivity index (χ1v) is 4.91. The number of nitrogens with zero attached hydrogens (tertiary/aromatic N) is 1. The molecule has 1 nitrogen and oxygen atoms in total. The maximum Gasteiger partial charge on any atom is 0.0161 e. The molecule has 1 aromatic carbocycles. The van der Waals surface area contributed by atoms with E-state index in [4.69, 9.17) is 0 Å². The maximum absolute atomic E-state index is 4.35. The largest absolute Gasteiger partial charge is 0.303 e. The molecule has 0 amide bonds. The molecular formula is C11H6NPtS-. The fraction of sp³-hybridized carbons (Fsp3) is 0. The molecule has 3 aromatic rings. The Morgan fingerprint density at radius 1 is 1.14 bits per heavy atom. The third-order valence-electron chi connectivity index (χ3n) is 2.05. The summed E-state index contributed by atoms with van der Waals surface area (Å²) in [5.74, 6) is 0. The molecule has 0 unspecified atom stereocenters. The van der Waals surface area contributed by atoms with Gasteiger partial charge in [0.1, 0.15) is 0 Å². The van der Waals surface area contributed by atoms with E-state index in [1.54, 1.807) is 11.3 Å². The van der Waals surface area contributed by atoms with Gasteiger partial charge in [0.2, 0.25) is 0 Å². The van der Waals surface area contributed by atoms with Gasteiger partial charge in [-0.05, 0) is 6.07 Å². The summed E-state index contributed by atoms with van der Waals surface area (Å²) >= 11 is 1.77. The van der Waals surface area contributed by atoms with E-state index >= 15 is 0 Å². The Balaban J connectivity index is 0.000000750. The first-order valence-electron chi connectivity index (χ1n) is 4.09. The molecule has 0 aliphatic carbocycles. The van der Waals surface area contributed by atoms with E-state index in [-0.39, 0.29) is 21.1 Å². The van der Waals surface area contributed by atoms with Crippen LogP contribution in [0.15, 0.2) is 36.5 Å². The quantitative estimate of drug-likeness (QED) is 0.547. The third kappa shape index (κ3) is 1.39. The Bertz CT molecular complexity index is 523. The van der Waals surface area contributed by atoms with Crippen molar-refractivity contribution in [2.24, 2.45) is 0 Å². The molecule has 0 N–H and O–H groups in total. The molecular weight excluding hydrogens is 373 g/mol. The van der Waals surface area contributed by atoms with Crippen LogP contribution in [0.4, 0.5) is 0 Å². The van der Waals surface area contributed by atoms with Crippen LogP contribution in [0.1, 0.15) is 0 Å². The minimum absolute atomic E-state index is 0. The van der Waals surface area contributed by atoms with Gasteiger partial charge in [0, 0.05) is 37.5 Å². The van der Waals surface area contributed by atoms with E-state index in [9.17, 15) is 0 Å². The van der Waals surface area contributed by atoms with Crippen molar-refractivity contribution in [3.8, 4) is 0 Å². The number of hydrogen-bond donors (Lipinski definition) is 0. The molecule has 2 aromatic heterocycles. The van der Waals surface area contributed by atoms with Crippen LogP contribution in [0.3, 0.4) is 0 Å². The monoisotopic (exact) mass is 379 g/mol. The van der Waals surface area contributed by atoms with Crippen molar-refractivity contribution >= 4 is 31.6 Å². The first kappa shape index (κ1) is 9.82. The molecule has 3 rings (SSSR count). The molecule has 0 aliphatic heterocycles. The van der Waals surface area contributed by atoms with Crippen molar-refractivity contribution in [3.63, 3.8) is 0 Å². The van der Waals surface area contributed by atoms with Crippen LogP contribution in [-0.4, -0.2) is 4.98 Å². The average Bonchev–Trinajstić information content (AvgIpc) is 2.56. The van der Waals surface area contributed by atoms with Gasteiger partial charge in [-0.2, -0.15) is 11.3 Å². The summed E-state index contributed by atoms with van der Waals surface area (Å²) in [5, 5.41) is 1.14. The van der Waals surface area contributed by atoms with Crippen LogP contribution >= 0.6 is 11.3 Å². The van der Waals surface area contributed by atoms with Gasteiger partial charge < -0.3 is 4.98 Å². The van der Waals surface area contributed by atoms with Crippen molar-refractivity contribution in [2.45, 2.75) is 0 Å². The number of aromatic nitrogens is 1. The molecule has 0 fully saturated rings. The topological polar surface area (TPSA) is 12.9 Å². The molecule has 0 aliphatic rings. The molecule has 72 valence electrons. The van der Waals surface area contributed by atoms with Crippen LogP contribution in [0.2, 0.25) is 0 Å². The number of fused-ring (bicyclic) bond motifs is 3. The van der Waals surface area contributed by atoms with Crippen molar-refractivity contribution in [3.05, 3.63) is 42.6 Å². The normalized spacial score (nSPS) is 10.3. The molecule has 0 spiro atoms. The number of hydrogen-bond acceptors (Lipinski definition) is 2. The zero-order valence-electron chi connectivity index (χ0n) is 7.14. The minimum atomic E-state index is 0. The van der Waals surface area contributed by atoms with Crippen LogP contribution in [-0.2, 0) is 21.1 Å². The molecule has 0 saturated carbocycles. The Morgan fingerprint density at radius 2 is 2.00 bits per heavy atom. The van der Waals surface area contributed by atoms with Crippen molar-refractivity contribution in [1.82, 2.24) is 4.98 Å². The number of pyridine rings is 1. The molecule has 0 saturated heterocycles.